The molecule has 20 heavy (non-hydrogen) atoms. The number of hydrogen-bond donors (Lipinski definition) is 2. The highest BCUT2D eigenvalue weighted by molar-refractivity contribution is 7.71. The Balaban J connectivity index is 1.96. The van der Waals surface area contributed by atoms with Crippen molar-refractivity contribution in [1.82, 2.24) is 20.1 Å². The van der Waals surface area contributed by atoms with E-state index >= 15 is 0 Å². The van der Waals surface area contributed by atoms with Gasteiger partial charge in [-0.1, -0.05) is 13.8 Å². The fourth-order valence-corrected chi connectivity index (χ4v) is 3.04. The first-order valence-corrected chi connectivity index (χ1v) is 7.04. The average molecular weight is 296 g/mol. The van der Waals surface area contributed by atoms with Crippen molar-refractivity contribution in [3.8, 4) is 0 Å². The first kappa shape index (κ1) is 14.9. The van der Waals surface area contributed by atoms with Crippen molar-refractivity contribution in [2.75, 3.05) is 0 Å². The molecule has 1 aliphatic rings. The molecule has 7 heteroatoms. The molecule has 1 aliphatic carbocycles. The SMILES string of the molecule is CC(=O)[C@@H]1C[C@H](C(=O)NCc2n[nH]c(=S)n2C)C1(C)C. The summed E-state index contributed by atoms with van der Waals surface area (Å²) in [7, 11) is 1.80. The molecule has 2 rings (SSSR count). The van der Waals surface area contributed by atoms with Gasteiger partial charge in [0.2, 0.25) is 5.91 Å². The van der Waals surface area contributed by atoms with E-state index in [1.807, 2.05) is 13.8 Å². The quantitative estimate of drug-likeness (QED) is 0.822. The molecule has 110 valence electrons. The van der Waals surface area contributed by atoms with Crippen molar-refractivity contribution in [3.63, 3.8) is 0 Å². The first-order chi connectivity index (χ1) is 9.25. The number of rotatable bonds is 4. The molecular formula is C13H20N4O2S. The molecule has 2 atom stereocenters. The van der Waals surface area contributed by atoms with Crippen LogP contribution >= 0.6 is 12.2 Å². The maximum Gasteiger partial charge on any atom is 0.224 e. The van der Waals surface area contributed by atoms with Gasteiger partial charge in [0, 0.05) is 18.9 Å². The molecule has 0 bridgehead atoms. The van der Waals surface area contributed by atoms with Gasteiger partial charge in [0.05, 0.1) is 6.54 Å². The standard InChI is InChI=1S/C13H20N4O2S/c1-7(18)8-5-9(13(8,2)3)11(19)14-6-10-15-16-12(20)17(10)4/h8-9H,5-6H2,1-4H3,(H,14,19)(H,16,20)/t8-,9+/m0/s1. The predicted molar refractivity (Wildman–Crippen MR) is 76.3 cm³/mol. The number of ketones is 1. The number of H-pyrrole nitrogens is 1. The Morgan fingerprint density at radius 3 is 2.60 bits per heavy atom. The molecule has 2 N–H and O–H groups in total. The van der Waals surface area contributed by atoms with E-state index in [9.17, 15) is 9.59 Å². The van der Waals surface area contributed by atoms with Crippen LogP contribution in [0.25, 0.3) is 0 Å². The number of aromatic amines is 1. The van der Waals surface area contributed by atoms with Gasteiger partial charge in [-0.05, 0) is 31.0 Å². The Morgan fingerprint density at radius 1 is 1.50 bits per heavy atom. The fourth-order valence-electron chi connectivity index (χ4n) is 2.89. The maximum atomic E-state index is 12.2. The molecule has 0 saturated heterocycles. The van der Waals surface area contributed by atoms with Crippen molar-refractivity contribution >= 4 is 23.9 Å². The normalized spacial score (nSPS) is 24.0. The Morgan fingerprint density at radius 2 is 2.15 bits per heavy atom. The monoisotopic (exact) mass is 296 g/mol. The molecule has 0 unspecified atom stereocenters. The lowest BCUT2D eigenvalue weighted by atomic mass is 9.53. The Kier molecular flexibility index (Phi) is 3.82. The van der Waals surface area contributed by atoms with E-state index in [0.717, 1.165) is 0 Å². The third kappa shape index (κ3) is 2.42. The van der Waals surface area contributed by atoms with Crippen LogP contribution in [0.5, 0.6) is 0 Å². The van der Waals surface area contributed by atoms with Crippen LogP contribution in [0.15, 0.2) is 0 Å². The summed E-state index contributed by atoms with van der Waals surface area (Å²) in [5.41, 5.74) is -0.271. The third-order valence-corrected chi connectivity index (χ3v) is 4.83. The zero-order valence-corrected chi connectivity index (χ0v) is 13.0. The van der Waals surface area contributed by atoms with E-state index in [1.165, 1.54) is 0 Å². The molecule has 1 amide bonds. The number of Topliss-reactive ketones (excluding diaryl/α,β-unsaturated/α-hetero) is 1. The Hall–Kier alpha value is -1.50. The van der Waals surface area contributed by atoms with Crippen molar-refractivity contribution in [2.24, 2.45) is 24.3 Å². The van der Waals surface area contributed by atoms with Gasteiger partial charge >= 0.3 is 0 Å². The van der Waals surface area contributed by atoms with Gasteiger partial charge in [-0.25, -0.2) is 0 Å². The van der Waals surface area contributed by atoms with E-state index in [4.69, 9.17) is 12.2 Å². The minimum Gasteiger partial charge on any atom is -0.349 e. The van der Waals surface area contributed by atoms with Crippen LogP contribution in [-0.4, -0.2) is 26.5 Å². The largest absolute Gasteiger partial charge is 0.349 e. The van der Waals surface area contributed by atoms with Gasteiger partial charge in [0.15, 0.2) is 10.6 Å². The lowest BCUT2D eigenvalue weighted by Crippen LogP contribution is -2.54. The first-order valence-electron chi connectivity index (χ1n) is 6.63. The van der Waals surface area contributed by atoms with Crippen molar-refractivity contribution in [3.05, 3.63) is 10.6 Å². The second-order valence-corrected chi connectivity index (χ2v) is 6.38. The molecule has 1 aromatic rings. The zero-order valence-electron chi connectivity index (χ0n) is 12.2. The van der Waals surface area contributed by atoms with Gasteiger partial charge in [-0.15, -0.1) is 0 Å². The summed E-state index contributed by atoms with van der Waals surface area (Å²) in [5, 5.41) is 9.59. The number of amides is 1. The third-order valence-electron chi connectivity index (χ3n) is 4.47. The molecular weight excluding hydrogens is 276 g/mol. The summed E-state index contributed by atoms with van der Waals surface area (Å²) in [6, 6.07) is 0. The molecule has 0 aromatic carbocycles. The molecule has 0 spiro atoms. The van der Waals surface area contributed by atoms with Crippen LogP contribution in [0, 0.1) is 22.0 Å². The number of carbonyl (C=O) groups is 2. The van der Waals surface area contributed by atoms with E-state index in [2.05, 4.69) is 15.5 Å². The summed E-state index contributed by atoms with van der Waals surface area (Å²) in [6.45, 7) is 5.88. The van der Waals surface area contributed by atoms with E-state index < -0.39 is 0 Å². The molecule has 0 radical (unpaired) electrons. The van der Waals surface area contributed by atoms with Crippen molar-refractivity contribution in [2.45, 2.75) is 33.7 Å². The van der Waals surface area contributed by atoms with E-state index in [1.54, 1.807) is 18.5 Å². The summed E-state index contributed by atoms with van der Waals surface area (Å²) in [5.74, 6) is 0.682. The maximum absolute atomic E-state index is 12.2. The van der Waals surface area contributed by atoms with Gasteiger partial charge in [-0.3, -0.25) is 14.7 Å². The van der Waals surface area contributed by atoms with Crippen LogP contribution < -0.4 is 5.32 Å². The summed E-state index contributed by atoms with van der Waals surface area (Å²) in [4.78, 5) is 23.7. The predicted octanol–water partition coefficient (Wildman–Crippen LogP) is 1.35. The van der Waals surface area contributed by atoms with E-state index in [-0.39, 0.29) is 28.9 Å². The van der Waals surface area contributed by atoms with Crippen LogP contribution in [-0.2, 0) is 23.2 Å². The number of hydrogen-bond acceptors (Lipinski definition) is 4. The Bertz CT molecular complexity index is 602. The van der Waals surface area contributed by atoms with Crippen LogP contribution in [0.1, 0.15) is 33.0 Å². The van der Waals surface area contributed by atoms with Crippen molar-refractivity contribution < 1.29 is 9.59 Å². The average Bonchev–Trinajstić information content (AvgIpc) is 2.66. The Labute approximate surface area is 122 Å². The molecule has 1 heterocycles. The summed E-state index contributed by atoms with van der Waals surface area (Å²) < 4.78 is 2.25. The number of nitrogens with zero attached hydrogens (tertiary/aromatic N) is 2. The van der Waals surface area contributed by atoms with Crippen LogP contribution in [0.2, 0.25) is 0 Å². The lowest BCUT2D eigenvalue weighted by molar-refractivity contribution is -0.148. The molecule has 1 saturated carbocycles. The van der Waals surface area contributed by atoms with Crippen LogP contribution in [0.4, 0.5) is 0 Å². The highest BCUT2D eigenvalue weighted by Gasteiger charge is 2.53. The molecule has 0 aliphatic heterocycles. The van der Waals surface area contributed by atoms with Gasteiger partial charge < -0.3 is 9.88 Å². The van der Waals surface area contributed by atoms with Gasteiger partial charge in [0.1, 0.15) is 5.78 Å². The topological polar surface area (TPSA) is 79.8 Å². The highest BCUT2D eigenvalue weighted by atomic mass is 32.1. The fraction of sp³-hybridized carbons (Fsp3) is 0.692. The second-order valence-electron chi connectivity index (χ2n) is 5.99. The minimum absolute atomic E-state index is 0.0148. The zero-order chi connectivity index (χ0) is 15.1. The molecule has 6 nitrogen and oxygen atoms in total. The second kappa shape index (κ2) is 5.12. The summed E-state index contributed by atoms with van der Waals surface area (Å²) in [6.07, 6.45) is 0.632. The number of nitrogens with one attached hydrogen (secondary N) is 2. The number of aromatic nitrogens is 3. The van der Waals surface area contributed by atoms with E-state index in [0.29, 0.717) is 23.6 Å². The highest BCUT2D eigenvalue weighted by Crippen LogP contribution is 2.51. The smallest absolute Gasteiger partial charge is 0.224 e. The molecule has 1 aromatic heterocycles. The van der Waals surface area contributed by atoms with Crippen molar-refractivity contribution in [1.29, 1.82) is 0 Å². The number of carbonyl (C=O) groups excluding carboxylic acids is 2. The lowest BCUT2D eigenvalue weighted by Gasteiger charge is -2.49. The summed E-state index contributed by atoms with van der Waals surface area (Å²) >= 11 is 5.01. The minimum atomic E-state index is -0.271. The molecule has 1 fully saturated rings. The van der Waals surface area contributed by atoms with Gasteiger partial charge in [-0.2, -0.15) is 5.10 Å². The van der Waals surface area contributed by atoms with Crippen LogP contribution in [0.3, 0.4) is 0 Å². The van der Waals surface area contributed by atoms with Gasteiger partial charge in [0.25, 0.3) is 0 Å².